The van der Waals surface area contributed by atoms with Crippen molar-refractivity contribution in [1.29, 1.82) is 0 Å². The predicted molar refractivity (Wildman–Crippen MR) is 73.4 cm³/mol. The van der Waals surface area contributed by atoms with Gasteiger partial charge in [-0.15, -0.1) is 0 Å². The third-order valence-electron chi connectivity index (χ3n) is 3.23. The third-order valence-corrected chi connectivity index (χ3v) is 3.76. The van der Waals surface area contributed by atoms with Gasteiger partial charge in [-0.2, -0.15) is 5.11 Å². The van der Waals surface area contributed by atoms with Gasteiger partial charge in [0.1, 0.15) is 12.1 Å². The van der Waals surface area contributed by atoms with Gasteiger partial charge in [-0.3, -0.25) is 0 Å². The quantitative estimate of drug-likeness (QED) is 0.835. The number of hydrogen-bond acceptors (Lipinski definition) is 4. The van der Waals surface area contributed by atoms with Crippen molar-refractivity contribution >= 4 is 21.6 Å². The molecule has 2 atom stereocenters. The summed E-state index contributed by atoms with van der Waals surface area (Å²) in [5.41, 5.74) is 1.06. The molecule has 0 N–H and O–H groups in total. The van der Waals surface area contributed by atoms with Gasteiger partial charge < -0.3 is 4.74 Å². The van der Waals surface area contributed by atoms with Crippen molar-refractivity contribution in [2.75, 3.05) is 11.6 Å². The zero-order valence-electron chi connectivity index (χ0n) is 9.87. The first-order valence-corrected chi connectivity index (χ1v) is 6.86. The molecule has 18 heavy (non-hydrogen) atoms. The first-order valence-electron chi connectivity index (χ1n) is 6.07. The van der Waals surface area contributed by atoms with Crippen LogP contribution in [0.5, 0.6) is 0 Å². The van der Waals surface area contributed by atoms with Crippen LogP contribution in [0.2, 0.25) is 0 Å². The second-order valence-corrected chi connectivity index (χ2v) is 5.34. The maximum absolute atomic E-state index is 5.69. The Kier molecular flexibility index (Phi) is 3.32. The topological polar surface area (TPSA) is 37.2 Å². The van der Waals surface area contributed by atoms with E-state index in [0.29, 0.717) is 6.54 Å². The van der Waals surface area contributed by atoms with Crippen LogP contribution in [0.15, 0.2) is 51.4 Å². The van der Waals surface area contributed by atoms with E-state index in [1.165, 1.54) is 0 Å². The van der Waals surface area contributed by atoms with Gasteiger partial charge in [-0.25, -0.2) is 5.01 Å². The summed E-state index contributed by atoms with van der Waals surface area (Å²) < 4.78 is 6.75. The van der Waals surface area contributed by atoms with Gasteiger partial charge in [0.05, 0.1) is 18.5 Å². The Bertz CT molecular complexity index is 472. The van der Waals surface area contributed by atoms with E-state index < -0.39 is 0 Å². The first kappa shape index (κ1) is 11.7. The summed E-state index contributed by atoms with van der Waals surface area (Å²) in [5, 5.41) is 10.4. The van der Waals surface area contributed by atoms with Crippen LogP contribution in [-0.4, -0.2) is 18.7 Å². The second kappa shape index (κ2) is 5.10. The average molecular weight is 308 g/mol. The van der Waals surface area contributed by atoms with Gasteiger partial charge in [0.15, 0.2) is 0 Å². The highest BCUT2D eigenvalue weighted by Crippen LogP contribution is 2.28. The van der Waals surface area contributed by atoms with Crippen LogP contribution >= 0.6 is 15.9 Å². The van der Waals surface area contributed by atoms with Crippen LogP contribution in [0.3, 0.4) is 0 Å². The minimum absolute atomic E-state index is 0.175. The van der Waals surface area contributed by atoms with E-state index in [1.54, 1.807) is 6.26 Å². The lowest BCUT2D eigenvalue weighted by Gasteiger charge is -2.30. The van der Waals surface area contributed by atoms with Gasteiger partial charge in [0, 0.05) is 4.47 Å². The normalized spacial score (nSPS) is 26.4. The Morgan fingerprint density at radius 3 is 2.83 bits per heavy atom. The fraction of sp³-hybridized carbons (Fsp3) is 0.385. The molecule has 2 heterocycles. The highest BCUT2D eigenvalue weighted by atomic mass is 79.9. The number of ether oxygens (including phenoxy) is 1. The Balaban J connectivity index is 1.79. The third kappa shape index (κ3) is 2.27. The predicted octanol–water partition coefficient (Wildman–Crippen LogP) is 3.70. The fourth-order valence-corrected chi connectivity index (χ4v) is 2.54. The molecule has 1 aromatic carbocycles. The Hall–Kier alpha value is -1.36. The first-order chi connectivity index (χ1) is 8.84. The summed E-state index contributed by atoms with van der Waals surface area (Å²) in [4.78, 5) is 0. The molecule has 0 saturated heterocycles. The van der Waals surface area contributed by atoms with Crippen LogP contribution < -0.4 is 5.01 Å². The highest BCUT2D eigenvalue weighted by molar-refractivity contribution is 9.10. The van der Waals surface area contributed by atoms with E-state index in [4.69, 9.17) is 4.74 Å². The zero-order valence-corrected chi connectivity index (χ0v) is 11.5. The van der Waals surface area contributed by atoms with Crippen molar-refractivity contribution < 1.29 is 4.74 Å². The molecule has 2 aliphatic heterocycles. The number of halogens is 1. The van der Waals surface area contributed by atoms with Gasteiger partial charge in [0.2, 0.25) is 0 Å². The molecule has 0 amide bonds. The molecule has 0 aromatic heterocycles. The minimum atomic E-state index is 0.175. The van der Waals surface area contributed by atoms with Crippen molar-refractivity contribution in [3.05, 3.63) is 41.1 Å². The molecule has 0 fully saturated rings. The van der Waals surface area contributed by atoms with Gasteiger partial charge >= 0.3 is 0 Å². The smallest absolute Gasteiger partial charge is 0.122 e. The largest absolute Gasteiger partial charge is 0.496 e. The Morgan fingerprint density at radius 1 is 1.28 bits per heavy atom. The second-order valence-electron chi connectivity index (χ2n) is 4.43. The number of nitrogens with zero attached hydrogens (tertiary/aromatic N) is 3. The van der Waals surface area contributed by atoms with Crippen LogP contribution in [0.4, 0.5) is 5.69 Å². The summed E-state index contributed by atoms with van der Waals surface area (Å²) in [7, 11) is 0. The SMILES string of the molecule is Brc1ccc(N2N=NCC2C2CCC=CO2)cc1. The van der Waals surface area contributed by atoms with Crippen molar-refractivity contribution in [2.45, 2.75) is 25.0 Å². The number of anilines is 1. The molecule has 0 spiro atoms. The van der Waals surface area contributed by atoms with E-state index >= 15 is 0 Å². The van der Waals surface area contributed by atoms with E-state index in [-0.39, 0.29) is 12.1 Å². The molecule has 0 saturated carbocycles. The molecule has 1 aromatic rings. The van der Waals surface area contributed by atoms with Gasteiger partial charge in [-0.05, 0) is 43.2 Å². The standard InChI is InChI=1S/C13H14BrN3O/c14-10-4-6-11(7-5-10)17-12(9-15-16-17)13-3-1-2-8-18-13/h2,4-8,12-13H,1,3,9H2. The molecule has 3 rings (SSSR count). The lowest BCUT2D eigenvalue weighted by atomic mass is 10.0. The lowest BCUT2D eigenvalue weighted by Crippen LogP contribution is -2.41. The monoisotopic (exact) mass is 307 g/mol. The molecule has 94 valence electrons. The van der Waals surface area contributed by atoms with Gasteiger partial charge in [-0.1, -0.05) is 21.2 Å². The Morgan fingerprint density at radius 2 is 2.11 bits per heavy atom. The molecule has 4 nitrogen and oxygen atoms in total. The molecule has 0 radical (unpaired) electrons. The van der Waals surface area contributed by atoms with Gasteiger partial charge in [0.25, 0.3) is 0 Å². The van der Waals surface area contributed by atoms with Crippen molar-refractivity contribution in [2.24, 2.45) is 10.3 Å². The van der Waals surface area contributed by atoms with Crippen molar-refractivity contribution in [3.8, 4) is 0 Å². The zero-order chi connectivity index (χ0) is 12.4. The molecule has 5 heteroatoms. The summed E-state index contributed by atoms with van der Waals surface area (Å²) >= 11 is 3.44. The highest BCUT2D eigenvalue weighted by Gasteiger charge is 2.33. The van der Waals surface area contributed by atoms with E-state index in [2.05, 4.69) is 32.3 Å². The molecule has 2 aliphatic rings. The summed E-state index contributed by atoms with van der Waals surface area (Å²) in [6.07, 6.45) is 6.12. The fourth-order valence-electron chi connectivity index (χ4n) is 2.28. The molecular weight excluding hydrogens is 294 g/mol. The number of benzene rings is 1. The number of rotatable bonds is 2. The maximum Gasteiger partial charge on any atom is 0.122 e. The lowest BCUT2D eigenvalue weighted by molar-refractivity contribution is 0.103. The summed E-state index contributed by atoms with van der Waals surface area (Å²) in [6, 6.07) is 8.32. The summed E-state index contributed by atoms with van der Waals surface area (Å²) in [6.45, 7) is 0.703. The average Bonchev–Trinajstić information content (AvgIpc) is 2.90. The number of allylic oxidation sites excluding steroid dienone is 1. The molecule has 2 unspecified atom stereocenters. The van der Waals surface area contributed by atoms with Crippen LogP contribution in [-0.2, 0) is 4.74 Å². The van der Waals surface area contributed by atoms with Crippen LogP contribution in [0.25, 0.3) is 0 Å². The Labute approximate surface area is 114 Å². The minimum Gasteiger partial charge on any atom is -0.496 e. The van der Waals surface area contributed by atoms with Crippen molar-refractivity contribution in [1.82, 2.24) is 0 Å². The maximum atomic E-state index is 5.69. The van der Waals surface area contributed by atoms with Crippen LogP contribution in [0, 0.1) is 0 Å². The molecular formula is C13H14BrN3O. The molecule has 0 bridgehead atoms. The number of hydrogen-bond donors (Lipinski definition) is 0. The van der Waals surface area contributed by atoms with E-state index in [9.17, 15) is 0 Å². The van der Waals surface area contributed by atoms with E-state index in [0.717, 1.165) is 23.0 Å². The van der Waals surface area contributed by atoms with Crippen molar-refractivity contribution in [3.63, 3.8) is 0 Å². The molecule has 0 aliphatic carbocycles. The summed E-state index contributed by atoms with van der Waals surface area (Å²) in [5.74, 6) is 0. The van der Waals surface area contributed by atoms with E-state index in [1.807, 2.05) is 29.3 Å². The van der Waals surface area contributed by atoms with Crippen LogP contribution in [0.1, 0.15) is 12.8 Å².